The average Bonchev–Trinajstić information content (AvgIpc) is 2.86. The van der Waals surface area contributed by atoms with Crippen LogP contribution in [0.5, 0.6) is 0 Å². The van der Waals surface area contributed by atoms with Crippen molar-refractivity contribution in [3.63, 3.8) is 0 Å². The van der Waals surface area contributed by atoms with Crippen LogP contribution < -0.4 is 0 Å². The summed E-state index contributed by atoms with van der Waals surface area (Å²) in [6.45, 7) is 0. The molecule has 4 heteroatoms. The zero-order valence-corrected chi connectivity index (χ0v) is 16.6. The van der Waals surface area contributed by atoms with Crippen LogP contribution in [0, 0.1) is 5.82 Å². The number of halogens is 1. The Kier molecular flexibility index (Phi) is 5.03. The fraction of sp³-hybridized carbons (Fsp3) is 0. The molecule has 0 saturated carbocycles. The van der Waals surface area contributed by atoms with Crippen molar-refractivity contribution in [2.24, 2.45) is 0 Å². The molecule has 0 saturated heterocycles. The van der Waals surface area contributed by atoms with Crippen LogP contribution in [-0.2, 0) is 0 Å². The number of nitrogens with zero attached hydrogens (tertiary/aromatic N) is 3. The molecule has 0 fully saturated rings. The van der Waals surface area contributed by atoms with Gasteiger partial charge in [-0.25, -0.2) is 19.3 Å². The van der Waals surface area contributed by atoms with Gasteiger partial charge < -0.3 is 0 Å². The molecule has 0 aliphatic carbocycles. The van der Waals surface area contributed by atoms with Crippen LogP contribution in [-0.4, -0.2) is 15.0 Å². The zero-order valence-electron chi connectivity index (χ0n) is 16.6. The molecule has 0 unspecified atom stereocenters. The molecule has 0 radical (unpaired) electrons. The third-order valence-corrected chi connectivity index (χ3v) is 5.01. The summed E-state index contributed by atoms with van der Waals surface area (Å²) in [6.07, 6.45) is 0. The van der Waals surface area contributed by atoms with E-state index in [1.807, 2.05) is 91.0 Å². The Bertz CT molecular complexity index is 1260. The Morgan fingerprint density at radius 2 is 0.839 bits per heavy atom. The fourth-order valence-electron chi connectivity index (χ4n) is 3.44. The van der Waals surface area contributed by atoms with E-state index in [1.54, 1.807) is 12.1 Å². The minimum atomic E-state index is -0.282. The predicted molar refractivity (Wildman–Crippen MR) is 122 cm³/mol. The lowest BCUT2D eigenvalue weighted by molar-refractivity contribution is 0.631. The molecule has 0 aliphatic rings. The lowest BCUT2D eigenvalue weighted by atomic mass is 10.0. The summed E-state index contributed by atoms with van der Waals surface area (Å²) >= 11 is 0. The number of aromatic nitrogens is 3. The summed E-state index contributed by atoms with van der Waals surface area (Å²) in [4.78, 5) is 14.1. The van der Waals surface area contributed by atoms with Gasteiger partial charge in [0, 0.05) is 22.3 Å². The third kappa shape index (κ3) is 3.96. The zero-order chi connectivity index (χ0) is 21.0. The summed E-state index contributed by atoms with van der Waals surface area (Å²) in [5.74, 6) is 1.38. The average molecular weight is 403 g/mol. The van der Waals surface area contributed by atoms with Crippen LogP contribution in [0.3, 0.4) is 0 Å². The van der Waals surface area contributed by atoms with Gasteiger partial charge in [0.1, 0.15) is 5.82 Å². The van der Waals surface area contributed by atoms with Crippen molar-refractivity contribution in [3.05, 3.63) is 115 Å². The maximum Gasteiger partial charge on any atom is 0.164 e. The Labute approximate surface area is 179 Å². The van der Waals surface area contributed by atoms with Crippen molar-refractivity contribution in [1.82, 2.24) is 15.0 Å². The van der Waals surface area contributed by atoms with E-state index in [0.717, 1.165) is 22.3 Å². The van der Waals surface area contributed by atoms with E-state index in [4.69, 9.17) is 15.0 Å². The molecule has 1 heterocycles. The molecule has 3 nitrogen and oxygen atoms in total. The van der Waals surface area contributed by atoms with E-state index in [-0.39, 0.29) is 5.82 Å². The Hall–Kier alpha value is -4.18. The van der Waals surface area contributed by atoms with E-state index in [2.05, 4.69) is 0 Å². The van der Waals surface area contributed by atoms with Crippen LogP contribution in [0.1, 0.15) is 0 Å². The molecule has 5 rings (SSSR count). The number of benzene rings is 4. The summed E-state index contributed by atoms with van der Waals surface area (Å²) in [7, 11) is 0. The first kappa shape index (κ1) is 18.8. The summed E-state index contributed by atoms with van der Waals surface area (Å²) in [5.41, 5.74) is 3.85. The topological polar surface area (TPSA) is 38.7 Å². The van der Waals surface area contributed by atoms with Crippen molar-refractivity contribution >= 4 is 0 Å². The van der Waals surface area contributed by atoms with Crippen LogP contribution in [0.15, 0.2) is 109 Å². The first-order valence-electron chi connectivity index (χ1n) is 10.0. The van der Waals surface area contributed by atoms with Crippen molar-refractivity contribution in [2.75, 3.05) is 0 Å². The molecule has 0 spiro atoms. The molecule has 31 heavy (non-hydrogen) atoms. The van der Waals surface area contributed by atoms with Gasteiger partial charge in [0.2, 0.25) is 0 Å². The second-order valence-electron chi connectivity index (χ2n) is 7.10. The van der Waals surface area contributed by atoms with Gasteiger partial charge in [0.15, 0.2) is 17.5 Å². The molecule has 4 aromatic carbocycles. The van der Waals surface area contributed by atoms with Crippen molar-refractivity contribution < 1.29 is 4.39 Å². The first-order valence-corrected chi connectivity index (χ1v) is 10.0. The Morgan fingerprint density at radius 1 is 0.419 bits per heavy atom. The summed E-state index contributed by atoms with van der Waals surface area (Å²) < 4.78 is 14.6. The van der Waals surface area contributed by atoms with Crippen LogP contribution in [0.25, 0.3) is 45.3 Å². The summed E-state index contributed by atoms with van der Waals surface area (Å²) in [6, 6.07) is 34.0. The number of hydrogen-bond donors (Lipinski definition) is 0. The van der Waals surface area contributed by atoms with E-state index in [9.17, 15) is 4.39 Å². The predicted octanol–water partition coefficient (Wildman–Crippen LogP) is 6.68. The molecule has 0 amide bonds. The van der Waals surface area contributed by atoms with Gasteiger partial charge in [-0.3, -0.25) is 0 Å². The van der Waals surface area contributed by atoms with Crippen LogP contribution in [0.2, 0.25) is 0 Å². The van der Waals surface area contributed by atoms with Crippen LogP contribution in [0.4, 0.5) is 4.39 Å². The van der Waals surface area contributed by atoms with Gasteiger partial charge >= 0.3 is 0 Å². The summed E-state index contributed by atoms with van der Waals surface area (Å²) in [5, 5.41) is 0. The molecular formula is C27H18FN3. The molecule has 148 valence electrons. The van der Waals surface area contributed by atoms with E-state index < -0.39 is 0 Å². The highest BCUT2D eigenvalue weighted by molar-refractivity contribution is 5.72. The quantitative estimate of drug-likeness (QED) is 0.336. The second kappa shape index (κ2) is 8.28. The lowest BCUT2D eigenvalue weighted by Crippen LogP contribution is -2.00. The van der Waals surface area contributed by atoms with Gasteiger partial charge in [-0.2, -0.15) is 0 Å². The molecular weight excluding hydrogens is 385 g/mol. The minimum absolute atomic E-state index is 0.282. The van der Waals surface area contributed by atoms with Gasteiger partial charge in [0.25, 0.3) is 0 Å². The van der Waals surface area contributed by atoms with Gasteiger partial charge in [-0.15, -0.1) is 0 Å². The van der Waals surface area contributed by atoms with Crippen molar-refractivity contribution in [1.29, 1.82) is 0 Å². The highest BCUT2D eigenvalue weighted by atomic mass is 19.1. The fourth-order valence-corrected chi connectivity index (χ4v) is 3.44. The monoisotopic (exact) mass is 403 g/mol. The van der Waals surface area contributed by atoms with E-state index in [0.29, 0.717) is 23.0 Å². The van der Waals surface area contributed by atoms with Gasteiger partial charge in [-0.05, 0) is 23.8 Å². The largest absolute Gasteiger partial charge is 0.208 e. The second-order valence-corrected chi connectivity index (χ2v) is 7.10. The SMILES string of the molecule is Fc1ccc(-c2nc(-c3ccccc3)nc(-c3ccccc3)n2)cc1-c1ccccc1. The first-order chi connectivity index (χ1) is 15.3. The minimum Gasteiger partial charge on any atom is -0.208 e. The molecule has 0 atom stereocenters. The van der Waals surface area contributed by atoms with Gasteiger partial charge in [-0.1, -0.05) is 91.0 Å². The van der Waals surface area contributed by atoms with Crippen molar-refractivity contribution in [2.45, 2.75) is 0 Å². The highest BCUT2D eigenvalue weighted by Gasteiger charge is 2.14. The molecule has 0 bridgehead atoms. The maximum absolute atomic E-state index is 14.6. The highest BCUT2D eigenvalue weighted by Crippen LogP contribution is 2.29. The molecule has 5 aromatic rings. The molecule has 0 aliphatic heterocycles. The maximum atomic E-state index is 14.6. The Morgan fingerprint density at radius 3 is 1.32 bits per heavy atom. The van der Waals surface area contributed by atoms with E-state index in [1.165, 1.54) is 6.07 Å². The number of rotatable bonds is 4. The lowest BCUT2D eigenvalue weighted by Gasteiger charge is -2.10. The van der Waals surface area contributed by atoms with Crippen LogP contribution >= 0.6 is 0 Å². The smallest absolute Gasteiger partial charge is 0.164 e. The third-order valence-electron chi connectivity index (χ3n) is 5.01. The number of hydrogen-bond acceptors (Lipinski definition) is 3. The normalized spacial score (nSPS) is 10.7. The van der Waals surface area contributed by atoms with E-state index >= 15 is 0 Å². The van der Waals surface area contributed by atoms with Gasteiger partial charge in [0.05, 0.1) is 0 Å². The standard InChI is InChI=1S/C27H18FN3/c28-24-17-16-22(18-23(24)19-10-4-1-5-11-19)27-30-25(20-12-6-2-7-13-20)29-26(31-27)21-14-8-3-9-15-21/h1-18H. The Balaban J connectivity index is 1.69. The van der Waals surface area contributed by atoms with Crippen molar-refractivity contribution in [3.8, 4) is 45.3 Å². The molecule has 0 N–H and O–H groups in total. The molecule has 1 aromatic heterocycles.